The molecule has 1 rings (SSSR count). The topological polar surface area (TPSA) is 64.9 Å². The number of hydrogen-bond acceptors (Lipinski definition) is 3. The van der Waals surface area contributed by atoms with Crippen molar-refractivity contribution in [3.8, 4) is 0 Å². The van der Waals surface area contributed by atoms with E-state index in [1.807, 2.05) is 13.0 Å². The monoisotopic (exact) mass is 137 g/mol. The lowest BCUT2D eigenvalue weighted by atomic mass is 10.1. The third-order valence-electron chi connectivity index (χ3n) is 1.33. The summed E-state index contributed by atoms with van der Waals surface area (Å²) in [7, 11) is 0. The van der Waals surface area contributed by atoms with Crippen LogP contribution in [0.5, 0.6) is 0 Å². The van der Waals surface area contributed by atoms with Crippen molar-refractivity contribution in [3.63, 3.8) is 0 Å². The van der Waals surface area contributed by atoms with Crippen LogP contribution in [0.4, 0.5) is 5.82 Å². The summed E-state index contributed by atoms with van der Waals surface area (Å²) in [5.41, 5.74) is 12.0. The normalized spacial score (nSPS) is 13.0. The lowest BCUT2D eigenvalue weighted by Gasteiger charge is -2.03. The van der Waals surface area contributed by atoms with Crippen LogP contribution < -0.4 is 11.5 Å². The molecule has 54 valence electrons. The van der Waals surface area contributed by atoms with Crippen LogP contribution in [0.25, 0.3) is 0 Å². The van der Waals surface area contributed by atoms with Crippen molar-refractivity contribution in [2.45, 2.75) is 13.0 Å². The first-order valence-corrected chi connectivity index (χ1v) is 3.17. The highest BCUT2D eigenvalue weighted by Gasteiger charge is 1.97. The van der Waals surface area contributed by atoms with E-state index in [0.717, 1.165) is 5.56 Å². The van der Waals surface area contributed by atoms with Gasteiger partial charge in [-0.25, -0.2) is 4.98 Å². The van der Waals surface area contributed by atoms with Gasteiger partial charge in [-0.1, -0.05) is 0 Å². The molecule has 3 nitrogen and oxygen atoms in total. The molecule has 1 aromatic heterocycles. The average Bonchev–Trinajstić information content (AvgIpc) is 1.88. The maximum Gasteiger partial charge on any atom is 0.123 e. The highest BCUT2D eigenvalue weighted by Crippen LogP contribution is 2.09. The second kappa shape index (κ2) is 2.66. The molecule has 0 aromatic carbocycles. The second-order valence-corrected chi connectivity index (χ2v) is 2.30. The summed E-state index contributed by atoms with van der Waals surface area (Å²) in [6.45, 7) is 1.91. The van der Waals surface area contributed by atoms with E-state index in [4.69, 9.17) is 11.5 Å². The molecule has 0 amide bonds. The second-order valence-electron chi connectivity index (χ2n) is 2.30. The van der Waals surface area contributed by atoms with E-state index in [2.05, 4.69) is 4.98 Å². The number of rotatable bonds is 1. The molecule has 1 atom stereocenters. The zero-order valence-electron chi connectivity index (χ0n) is 5.91. The Hall–Kier alpha value is -1.09. The smallest absolute Gasteiger partial charge is 0.123 e. The van der Waals surface area contributed by atoms with Gasteiger partial charge in [-0.2, -0.15) is 0 Å². The molecule has 10 heavy (non-hydrogen) atoms. The van der Waals surface area contributed by atoms with Gasteiger partial charge in [0.1, 0.15) is 5.82 Å². The number of aromatic nitrogens is 1. The lowest BCUT2D eigenvalue weighted by molar-refractivity contribution is 0.816. The Morgan fingerprint density at radius 2 is 2.30 bits per heavy atom. The number of pyridine rings is 1. The molecule has 0 unspecified atom stereocenters. The van der Waals surface area contributed by atoms with Crippen molar-refractivity contribution in [1.82, 2.24) is 4.98 Å². The highest BCUT2D eigenvalue weighted by atomic mass is 14.8. The van der Waals surface area contributed by atoms with Gasteiger partial charge in [-0.3, -0.25) is 0 Å². The summed E-state index contributed by atoms with van der Waals surface area (Å²) in [6, 6.07) is 3.68. The van der Waals surface area contributed by atoms with Crippen LogP contribution in [0.3, 0.4) is 0 Å². The van der Waals surface area contributed by atoms with E-state index in [9.17, 15) is 0 Å². The molecule has 1 heterocycles. The molecule has 3 heteroatoms. The van der Waals surface area contributed by atoms with Crippen LogP contribution >= 0.6 is 0 Å². The largest absolute Gasteiger partial charge is 0.384 e. The van der Waals surface area contributed by atoms with Crippen LogP contribution in [-0.2, 0) is 0 Å². The van der Waals surface area contributed by atoms with E-state index in [-0.39, 0.29) is 6.04 Å². The van der Waals surface area contributed by atoms with Crippen LogP contribution in [0.15, 0.2) is 18.3 Å². The van der Waals surface area contributed by atoms with E-state index >= 15 is 0 Å². The first-order valence-electron chi connectivity index (χ1n) is 3.17. The van der Waals surface area contributed by atoms with E-state index in [1.165, 1.54) is 0 Å². The molecule has 0 fully saturated rings. The van der Waals surface area contributed by atoms with Gasteiger partial charge in [0, 0.05) is 12.2 Å². The van der Waals surface area contributed by atoms with Gasteiger partial charge in [-0.05, 0) is 24.6 Å². The fourth-order valence-electron chi connectivity index (χ4n) is 0.749. The summed E-state index contributed by atoms with van der Waals surface area (Å²) in [5, 5.41) is 0. The van der Waals surface area contributed by atoms with Gasteiger partial charge < -0.3 is 11.5 Å². The number of hydrogen-bond donors (Lipinski definition) is 2. The zero-order valence-corrected chi connectivity index (χ0v) is 5.91. The Kier molecular flexibility index (Phi) is 1.87. The molecule has 0 spiro atoms. The van der Waals surface area contributed by atoms with Crippen molar-refractivity contribution in [2.75, 3.05) is 5.73 Å². The predicted octanol–water partition coefficient (Wildman–Crippen LogP) is 0.684. The Bertz CT molecular complexity index is 220. The maximum absolute atomic E-state index is 5.60. The minimum Gasteiger partial charge on any atom is -0.384 e. The number of nitrogens with two attached hydrogens (primary N) is 2. The van der Waals surface area contributed by atoms with Crippen molar-refractivity contribution in [2.24, 2.45) is 5.73 Å². The Balaban J connectivity index is 2.96. The van der Waals surface area contributed by atoms with Crippen LogP contribution in [0.1, 0.15) is 18.5 Å². The van der Waals surface area contributed by atoms with Crippen LogP contribution in [0, 0.1) is 0 Å². The minimum atomic E-state index is 0.0327. The van der Waals surface area contributed by atoms with Gasteiger partial charge in [0.05, 0.1) is 0 Å². The standard InChI is InChI=1S/C7H11N3/c1-5(8)6-2-3-10-7(9)4-6/h2-5H,8H2,1H3,(H2,9,10)/t5-/m1/s1. The molecule has 0 saturated heterocycles. The Morgan fingerprint density at radius 1 is 1.60 bits per heavy atom. The van der Waals surface area contributed by atoms with E-state index < -0.39 is 0 Å². The van der Waals surface area contributed by atoms with Gasteiger partial charge >= 0.3 is 0 Å². The minimum absolute atomic E-state index is 0.0327. The maximum atomic E-state index is 5.60. The van der Waals surface area contributed by atoms with Crippen molar-refractivity contribution in [1.29, 1.82) is 0 Å². The van der Waals surface area contributed by atoms with Crippen LogP contribution in [0.2, 0.25) is 0 Å². The highest BCUT2D eigenvalue weighted by molar-refractivity contribution is 5.32. The number of nitrogens with zero attached hydrogens (tertiary/aromatic N) is 1. The first kappa shape index (κ1) is 7.02. The van der Waals surface area contributed by atoms with E-state index in [0.29, 0.717) is 5.82 Å². The fourth-order valence-corrected chi connectivity index (χ4v) is 0.749. The Morgan fingerprint density at radius 3 is 2.70 bits per heavy atom. The molecule has 0 aliphatic heterocycles. The number of nitrogen functional groups attached to an aromatic ring is 1. The average molecular weight is 137 g/mol. The molecule has 0 radical (unpaired) electrons. The summed E-state index contributed by atoms with van der Waals surface area (Å²) in [5.74, 6) is 0.523. The van der Waals surface area contributed by atoms with Crippen molar-refractivity contribution < 1.29 is 0 Å². The van der Waals surface area contributed by atoms with Gasteiger partial charge in [-0.15, -0.1) is 0 Å². The van der Waals surface area contributed by atoms with Gasteiger partial charge in [0.2, 0.25) is 0 Å². The van der Waals surface area contributed by atoms with Crippen LogP contribution in [-0.4, -0.2) is 4.98 Å². The molecule has 0 aliphatic rings. The molecule has 0 bridgehead atoms. The SMILES string of the molecule is C[C@@H](N)c1ccnc(N)c1. The van der Waals surface area contributed by atoms with Gasteiger partial charge in [0.25, 0.3) is 0 Å². The summed E-state index contributed by atoms with van der Waals surface area (Å²) >= 11 is 0. The van der Waals surface area contributed by atoms with Crippen molar-refractivity contribution in [3.05, 3.63) is 23.9 Å². The molecular weight excluding hydrogens is 126 g/mol. The molecular formula is C7H11N3. The molecule has 0 aliphatic carbocycles. The third-order valence-corrected chi connectivity index (χ3v) is 1.33. The summed E-state index contributed by atoms with van der Waals surface area (Å²) in [4.78, 5) is 3.84. The van der Waals surface area contributed by atoms with Gasteiger partial charge in [0.15, 0.2) is 0 Å². The molecule has 4 N–H and O–H groups in total. The Labute approximate surface area is 60.1 Å². The lowest BCUT2D eigenvalue weighted by Crippen LogP contribution is -2.05. The predicted molar refractivity (Wildman–Crippen MR) is 41.3 cm³/mol. The first-order chi connectivity index (χ1) is 4.70. The third kappa shape index (κ3) is 1.45. The molecule has 1 aromatic rings. The fraction of sp³-hybridized carbons (Fsp3) is 0.286. The summed E-state index contributed by atoms with van der Waals surface area (Å²) in [6.07, 6.45) is 1.66. The zero-order chi connectivity index (χ0) is 7.56. The van der Waals surface area contributed by atoms with E-state index in [1.54, 1.807) is 12.3 Å². The number of anilines is 1. The summed E-state index contributed by atoms with van der Waals surface area (Å²) < 4.78 is 0. The van der Waals surface area contributed by atoms with Crippen molar-refractivity contribution >= 4 is 5.82 Å². The molecule has 0 saturated carbocycles. The quantitative estimate of drug-likeness (QED) is 0.598.